The van der Waals surface area contributed by atoms with Crippen molar-refractivity contribution in [2.75, 3.05) is 13.6 Å². The van der Waals surface area contributed by atoms with E-state index in [-0.39, 0.29) is 23.7 Å². The molecule has 106 valence electrons. The predicted molar refractivity (Wildman–Crippen MR) is 80.3 cm³/mol. The molecule has 2 aromatic carbocycles. The van der Waals surface area contributed by atoms with Crippen LogP contribution in [0.4, 0.5) is 0 Å². The topological polar surface area (TPSA) is 87.2 Å². The van der Waals surface area contributed by atoms with Gasteiger partial charge in [0.2, 0.25) is 10.0 Å². The second kappa shape index (κ2) is 5.60. The summed E-state index contributed by atoms with van der Waals surface area (Å²) in [6, 6.07) is 12.6. The summed E-state index contributed by atoms with van der Waals surface area (Å²) >= 11 is 0. The first-order valence-corrected chi connectivity index (χ1v) is 7.64. The zero-order valence-electron chi connectivity index (χ0n) is 11.2. The number of nitrogens with zero attached hydrogens (tertiary/aromatic N) is 1. The van der Waals surface area contributed by atoms with Crippen LogP contribution in [0.25, 0.3) is 10.8 Å². The van der Waals surface area contributed by atoms with Crippen LogP contribution < -0.4 is 5.73 Å². The van der Waals surface area contributed by atoms with Gasteiger partial charge >= 0.3 is 0 Å². The van der Waals surface area contributed by atoms with Crippen LogP contribution >= 0.6 is 0 Å². The molecule has 0 aliphatic carbocycles. The van der Waals surface area contributed by atoms with Gasteiger partial charge in [-0.25, -0.2) is 12.7 Å². The van der Waals surface area contributed by atoms with Crippen LogP contribution in [0.1, 0.15) is 6.42 Å². The van der Waals surface area contributed by atoms with Gasteiger partial charge in [-0.2, -0.15) is 0 Å². The van der Waals surface area contributed by atoms with Crippen molar-refractivity contribution in [2.45, 2.75) is 11.3 Å². The fourth-order valence-corrected chi connectivity index (χ4v) is 3.37. The molecule has 0 fully saturated rings. The first-order chi connectivity index (χ1) is 9.43. The number of amidine groups is 1. The summed E-state index contributed by atoms with van der Waals surface area (Å²) in [6.45, 7) is 0.195. The minimum Gasteiger partial charge on any atom is -0.388 e. The summed E-state index contributed by atoms with van der Waals surface area (Å²) < 4.78 is 26.4. The van der Waals surface area contributed by atoms with Crippen molar-refractivity contribution in [3.05, 3.63) is 42.5 Å². The number of hydrogen-bond acceptors (Lipinski definition) is 3. The van der Waals surface area contributed by atoms with E-state index in [1.54, 1.807) is 18.2 Å². The van der Waals surface area contributed by atoms with E-state index in [4.69, 9.17) is 11.1 Å². The molecule has 0 spiro atoms. The normalized spacial score (nSPS) is 11.9. The molecule has 5 nitrogen and oxygen atoms in total. The lowest BCUT2D eigenvalue weighted by molar-refractivity contribution is 0.479. The Morgan fingerprint density at radius 3 is 2.55 bits per heavy atom. The molecule has 0 saturated carbocycles. The van der Waals surface area contributed by atoms with Gasteiger partial charge in [-0.15, -0.1) is 0 Å². The number of nitrogens with two attached hydrogens (primary N) is 1. The fourth-order valence-electron chi connectivity index (χ4n) is 1.99. The van der Waals surface area contributed by atoms with Crippen molar-refractivity contribution in [3.63, 3.8) is 0 Å². The van der Waals surface area contributed by atoms with Gasteiger partial charge in [0.05, 0.1) is 10.7 Å². The SMILES string of the molecule is CN(CCC(=N)N)S(=O)(=O)c1cccc2ccccc12. The molecule has 0 amide bonds. The van der Waals surface area contributed by atoms with Gasteiger partial charge in [0.1, 0.15) is 0 Å². The summed E-state index contributed by atoms with van der Waals surface area (Å²) in [5.74, 6) is -0.0232. The Kier molecular flexibility index (Phi) is 4.06. The third-order valence-electron chi connectivity index (χ3n) is 3.13. The first-order valence-electron chi connectivity index (χ1n) is 6.20. The van der Waals surface area contributed by atoms with E-state index >= 15 is 0 Å². The van der Waals surface area contributed by atoms with Crippen molar-refractivity contribution in [2.24, 2.45) is 5.73 Å². The first kappa shape index (κ1) is 14.5. The van der Waals surface area contributed by atoms with Crippen LogP contribution in [-0.4, -0.2) is 32.2 Å². The maximum Gasteiger partial charge on any atom is 0.243 e. The third kappa shape index (κ3) is 2.81. The van der Waals surface area contributed by atoms with Crippen LogP contribution in [0, 0.1) is 5.41 Å². The number of hydrogen-bond donors (Lipinski definition) is 2. The van der Waals surface area contributed by atoms with Gasteiger partial charge in [0.15, 0.2) is 0 Å². The standard InChI is InChI=1S/C14H17N3O2S/c1-17(10-9-14(15)16)20(18,19)13-8-4-6-11-5-2-3-7-12(11)13/h2-8H,9-10H2,1H3,(H3,15,16). The number of benzene rings is 2. The Labute approximate surface area is 118 Å². The lowest BCUT2D eigenvalue weighted by atomic mass is 10.1. The Hall–Kier alpha value is -1.92. The van der Waals surface area contributed by atoms with E-state index in [1.165, 1.54) is 11.4 Å². The molecule has 2 rings (SSSR count). The Bertz CT molecular complexity index is 736. The van der Waals surface area contributed by atoms with Crippen LogP contribution in [0.2, 0.25) is 0 Å². The molecule has 0 aliphatic heterocycles. The maximum absolute atomic E-state index is 12.6. The predicted octanol–water partition coefficient (Wildman–Crippen LogP) is 1.79. The maximum atomic E-state index is 12.6. The summed E-state index contributed by atoms with van der Waals surface area (Å²) in [5, 5.41) is 8.77. The van der Waals surface area contributed by atoms with E-state index < -0.39 is 10.0 Å². The van der Waals surface area contributed by atoms with Gasteiger partial charge in [0.25, 0.3) is 0 Å². The van der Waals surface area contributed by atoms with E-state index in [1.807, 2.05) is 24.3 Å². The van der Waals surface area contributed by atoms with Gasteiger partial charge < -0.3 is 5.73 Å². The highest BCUT2D eigenvalue weighted by Gasteiger charge is 2.22. The zero-order chi connectivity index (χ0) is 14.8. The third-order valence-corrected chi connectivity index (χ3v) is 5.05. The van der Waals surface area contributed by atoms with Crippen molar-refractivity contribution >= 4 is 26.6 Å². The van der Waals surface area contributed by atoms with Gasteiger partial charge in [-0.3, -0.25) is 5.41 Å². The summed E-state index contributed by atoms with van der Waals surface area (Å²) in [7, 11) is -2.08. The lowest BCUT2D eigenvalue weighted by Gasteiger charge is -2.18. The van der Waals surface area contributed by atoms with Gasteiger partial charge in [-0.05, 0) is 11.5 Å². The highest BCUT2D eigenvalue weighted by molar-refractivity contribution is 7.89. The molecular weight excluding hydrogens is 274 g/mol. The van der Waals surface area contributed by atoms with Crippen LogP contribution in [0.15, 0.2) is 47.4 Å². The average Bonchev–Trinajstić information content (AvgIpc) is 2.43. The number of sulfonamides is 1. The molecule has 0 heterocycles. The highest BCUT2D eigenvalue weighted by atomic mass is 32.2. The largest absolute Gasteiger partial charge is 0.388 e. The smallest absolute Gasteiger partial charge is 0.243 e. The van der Waals surface area contributed by atoms with E-state index in [2.05, 4.69) is 0 Å². The fraction of sp³-hybridized carbons (Fsp3) is 0.214. The molecule has 3 N–H and O–H groups in total. The molecule has 0 saturated heterocycles. The number of rotatable bonds is 5. The zero-order valence-corrected chi connectivity index (χ0v) is 12.0. The van der Waals surface area contributed by atoms with Gasteiger partial charge in [-0.1, -0.05) is 36.4 Å². The molecule has 0 aromatic heterocycles. The molecule has 20 heavy (non-hydrogen) atoms. The van der Waals surface area contributed by atoms with Gasteiger partial charge in [0, 0.05) is 25.4 Å². The summed E-state index contributed by atoms with van der Waals surface area (Å²) in [6.07, 6.45) is 0.223. The van der Waals surface area contributed by atoms with E-state index in [9.17, 15) is 8.42 Å². The van der Waals surface area contributed by atoms with Crippen molar-refractivity contribution in [1.82, 2.24) is 4.31 Å². The van der Waals surface area contributed by atoms with Crippen LogP contribution in [-0.2, 0) is 10.0 Å². The molecule has 0 aliphatic rings. The minimum absolute atomic E-state index is 0.0232. The Morgan fingerprint density at radius 1 is 1.20 bits per heavy atom. The monoisotopic (exact) mass is 291 g/mol. The molecule has 0 atom stereocenters. The second-order valence-electron chi connectivity index (χ2n) is 4.58. The Balaban J connectivity index is 2.44. The van der Waals surface area contributed by atoms with Crippen LogP contribution in [0.3, 0.4) is 0 Å². The van der Waals surface area contributed by atoms with Crippen molar-refractivity contribution < 1.29 is 8.42 Å². The quantitative estimate of drug-likeness (QED) is 0.650. The van der Waals surface area contributed by atoms with E-state index in [0.717, 1.165) is 5.39 Å². The molecule has 2 aromatic rings. The summed E-state index contributed by atoms with van der Waals surface area (Å²) in [4.78, 5) is 0.279. The molecule has 0 radical (unpaired) electrons. The van der Waals surface area contributed by atoms with Crippen LogP contribution in [0.5, 0.6) is 0 Å². The average molecular weight is 291 g/mol. The lowest BCUT2D eigenvalue weighted by Crippen LogP contribution is -2.30. The molecule has 0 unspecified atom stereocenters. The molecular formula is C14H17N3O2S. The van der Waals surface area contributed by atoms with E-state index in [0.29, 0.717) is 5.39 Å². The second-order valence-corrected chi connectivity index (χ2v) is 6.59. The van der Waals surface area contributed by atoms with Crippen molar-refractivity contribution in [1.29, 1.82) is 5.41 Å². The molecule has 6 heteroatoms. The summed E-state index contributed by atoms with van der Waals surface area (Å²) in [5.41, 5.74) is 5.28. The van der Waals surface area contributed by atoms with Crippen molar-refractivity contribution in [3.8, 4) is 0 Å². The highest BCUT2D eigenvalue weighted by Crippen LogP contribution is 2.25. The number of fused-ring (bicyclic) bond motifs is 1. The molecule has 0 bridgehead atoms. The minimum atomic E-state index is -3.58. The Morgan fingerprint density at radius 2 is 1.85 bits per heavy atom. The number of nitrogens with one attached hydrogen (secondary N) is 1.